The van der Waals surface area contributed by atoms with Crippen LogP contribution < -0.4 is 5.32 Å². The standard InChI is InChI=1S/C13H21NO/c1-2-4-6-12(5-3-1)9-14-10-13-7-8-15-11-13/h7-8,11-12,14H,1-6,9-10H2. The van der Waals surface area contributed by atoms with Crippen LogP contribution in [0.3, 0.4) is 0 Å². The minimum Gasteiger partial charge on any atom is -0.472 e. The van der Waals surface area contributed by atoms with Crippen molar-refractivity contribution in [2.75, 3.05) is 6.54 Å². The summed E-state index contributed by atoms with van der Waals surface area (Å²) in [6.45, 7) is 2.12. The highest BCUT2D eigenvalue weighted by Gasteiger charge is 2.11. The van der Waals surface area contributed by atoms with Gasteiger partial charge >= 0.3 is 0 Å². The molecule has 1 fully saturated rings. The molecule has 1 aliphatic rings. The highest BCUT2D eigenvalue weighted by atomic mass is 16.3. The van der Waals surface area contributed by atoms with Crippen LogP contribution in [0.1, 0.15) is 44.1 Å². The zero-order valence-electron chi connectivity index (χ0n) is 9.37. The van der Waals surface area contributed by atoms with Gasteiger partial charge < -0.3 is 9.73 Å². The van der Waals surface area contributed by atoms with Gasteiger partial charge in [0.1, 0.15) is 0 Å². The molecule has 2 heteroatoms. The molecule has 0 amide bonds. The second kappa shape index (κ2) is 5.96. The van der Waals surface area contributed by atoms with Crippen LogP contribution in [0, 0.1) is 5.92 Å². The van der Waals surface area contributed by atoms with Gasteiger partial charge in [-0.15, -0.1) is 0 Å². The van der Waals surface area contributed by atoms with Crippen LogP contribution in [-0.2, 0) is 6.54 Å². The Morgan fingerprint density at radius 3 is 2.67 bits per heavy atom. The Morgan fingerprint density at radius 1 is 1.20 bits per heavy atom. The van der Waals surface area contributed by atoms with Gasteiger partial charge in [-0.3, -0.25) is 0 Å². The van der Waals surface area contributed by atoms with Crippen LogP contribution in [0.4, 0.5) is 0 Å². The fourth-order valence-electron chi connectivity index (χ4n) is 2.38. The van der Waals surface area contributed by atoms with Crippen LogP contribution in [0.5, 0.6) is 0 Å². The molecule has 0 spiro atoms. The van der Waals surface area contributed by atoms with Crippen LogP contribution in [0.15, 0.2) is 23.0 Å². The van der Waals surface area contributed by atoms with E-state index in [9.17, 15) is 0 Å². The van der Waals surface area contributed by atoms with Crippen molar-refractivity contribution in [1.82, 2.24) is 5.32 Å². The maximum Gasteiger partial charge on any atom is 0.0947 e. The monoisotopic (exact) mass is 207 g/mol. The summed E-state index contributed by atoms with van der Waals surface area (Å²) in [6.07, 6.45) is 12.1. The van der Waals surface area contributed by atoms with E-state index < -0.39 is 0 Å². The number of rotatable bonds is 4. The summed E-state index contributed by atoms with van der Waals surface area (Å²) in [7, 11) is 0. The van der Waals surface area contributed by atoms with Crippen LogP contribution >= 0.6 is 0 Å². The maximum atomic E-state index is 5.04. The summed E-state index contributed by atoms with van der Waals surface area (Å²) in [4.78, 5) is 0. The summed E-state index contributed by atoms with van der Waals surface area (Å²) in [6, 6.07) is 2.03. The first-order chi connectivity index (χ1) is 7.45. The zero-order chi connectivity index (χ0) is 10.3. The van der Waals surface area contributed by atoms with Gasteiger partial charge in [0, 0.05) is 12.1 Å². The van der Waals surface area contributed by atoms with Crippen LogP contribution in [0.25, 0.3) is 0 Å². The zero-order valence-corrected chi connectivity index (χ0v) is 9.37. The third-order valence-corrected chi connectivity index (χ3v) is 3.32. The molecule has 0 unspecified atom stereocenters. The van der Waals surface area contributed by atoms with Gasteiger partial charge in [-0.05, 0) is 31.4 Å². The van der Waals surface area contributed by atoms with Crippen molar-refractivity contribution >= 4 is 0 Å². The van der Waals surface area contributed by atoms with E-state index in [0.717, 1.165) is 12.5 Å². The average molecular weight is 207 g/mol. The molecule has 0 bridgehead atoms. The topological polar surface area (TPSA) is 25.2 Å². The van der Waals surface area contributed by atoms with Crippen LogP contribution in [0.2, 0.25) is 0 Å². The van der Waals surface area contributed by atoms with E-state index in [0.29, 0.717) is 0 Å². The van der Waals surface area contributed by atoms with Gasteiger partial charge in [-0.1, -0.05) is 25.7 Å². The molecule has 0 aromatic carbocycles. The van der Waals surface area contributed by atoms with E-state index in [1.54, 1.807) is 6.26 Å². The van der Waals surface area contributed by atoms with Gasteiger partial charge in [0.05, 0.1) is 12.5 Å². The molecule has 1 saturated carbocycles. The van der Waals surface area contributed by atoms with E-state index >= 15 is 0 Å². The molecule has 1 N–H and O–H groups in total. The van der Waals surface area contributed by atoms with Crippen molar-refractivity contribution in [1.29, 1.82) is 0 Å². The molecule has 0 radical (unpaired) electrons. The normalized spacial score (nSPS) is 18.9. The lowest BCUT2D eigenvalue weighted by Gasteiger charge is -2.14. The minimum absolute atomic E-state index is 0.902. The molecule has 15 heavy (non-hydrogen) atoms. The lowest BCUT2D eigenvalue weighted by Crippen LogP contribution is -2.21. The molecule has 1 aromatic heterocycles. The van der Waals surface area contributed by atoms with Gasteiger partial charge in [-0.25, -0.2) is 0 Å². The Bertz CT molecular complexity index is 248. The van der Waals surface area contributed by atoms with Crippen molar-refractivity contribution in [2.24, 2.45) is 5.92 Å². The summed E-state index contributed by atoms with van der Waals surface area (Å²) < 4.78 is 5.04. The predicted molar refractivity (Wildman–Crippen MR) is 61.6 cm³/mol. The Hall–Kier alpha value is -0.760. The first-order valence-corrected chi connectivity index (χ1v) is 6.17. The van der Waals surface area contributed by atoms with Crippen molar-refractivity contribution in [3.05, 3.63) is 24.2 Å². The lowest BCUT2D eigenvalue weighted by atomic mass is 10.0. The second-order valence-electron chi connectivity index (χ2n) is 4.62. The molecular formula is C13H21NO. The highest BCUT2D eigenvalue weighted by molar-refractivity contribution is 5.04. The van der Waals surface area contributed by atoms with E-state index in [1.807, 2.05) is 12.3 Å². The summed E-state index contributed by atoms with van der Waals surface area (Å²) in [5.74, 6) is 0.902. The average Bonchev–Trinajstić information content (AvgIpc) is 2.62. The largest absolute Gasteiger partial charge is 0.472 e. The number of nitrogens with one attached hydrogen (secondary N) is 1. The van der Waals surface area contributed by atoms with E-state index in [2.05, 4.69) is 5.32 Å². The third kappa shape index (κ3) is 3.71. The van der Waals surface area contributed by atoms with Gasteiger partial charge in [0.2, 0.25) is 0 Å². The van der Waals surface area contributed by atoms with Crippen molar-refractivity contribution in [2.45, 2.75) is 45.1 Å². The molecule has 0 aliphatic heterocycles. The molecular weight excluding hydrogens is 186 g/mol. The quantitative estimate of drug-likeness (QED) is 0.766. The third-order valence-electron chi connectivity index (χ3n) is 3.32. The van der Waals surface area contributed by atoms with E-state index in [4.69, 9.17) is 4.42 Å². The Morgan fingerprint density at radius 2 is 2.00 bits per heavy atom. The smallest absolute Gasteiger partial charge is 0.0947 e. The maximum absolute atomic E-state index is 5.04. The van der Waals surface area contributed by atoms with E-state index in [-0.39, 0.29) is 0 Å². The minimum atomic E-state index is 0.902. The number of hydrogen-bond acceptors (Lipinski definition) is 2. The molecule has 2 rings (SSSR count). The van der Waals surface area contributed by atoms with Crippen LogP contribution in [-0.4, -0.2) is 6.54 Å². The first kappa shape index (κ1) is 10.7. The van der Waals surface area contributed by atoms with Crippen molar-refractivity contribution in [3.8, 4) is 0 Å². The number of furan rings is 1. The first-order valence-electron chi connectivity index (χ1n) is 6.17. The van der Waals surface area contributed by atoms with Crippen molar-refractivity contribution in [3.63, 3.8) is 0 Å². The second-order valence-corrected chi connectivity index (χ2v) is 4.62. The summed E-state index contributed by atoms with van der Waals surface area (Å²) >= 11 is 0. The Kier molecular flexibility index (Phi) is 4.27. The van der Waals surface area contributed by atoms with E-state index in [1.165, 1.54) is 50.6 Å². The van der Waals surface area contributed by atoms with Gasteiger partial charge in [-0.2, -0.15) is 0 Å². The lowest BCUT2D eigenvalue weighted by molar-refractivity contribution is 0.424. The summed E-state index contributed by atoms with van der Waals surface area (Å²) in [5.41, 5.74) is 1.25. The fourth-order valence-corrected chi connectivity index (χ4v) is 2.38. The summed E-state index contributed by atoms with van der Waals surface area (Å²) in [5, 5.41) is 3.53. The molecule has 1 heterocycles. The Labute approximate surface area is 92.1 Å². The Balaban J connectivity index is 1.64. The molecule has 0 saturated heterocycles. The molecule has 1 aromatic rings. The molecule has 0 atom stereocenters. The highest BCUT2D eigenvalue weighted by Crippen LogP contribution is 2.22. The van der Waals surface area contributed by atoms with Gasteiger partial charge in [0.25, 0.3) is 0 Å². The number of hydrogen-bond donors (Lipinski definition) is 1. The fraction of sp³-hybridized carbons (Fsp3) is 0.692. The SMILES string of the molecule is c1cc(CNCC2CCCCCC2)co1. The van der Waals surface area contributed by atoms with Crippen molar-refractivity contribution < 1.29 is 4.42 Å². The molecule has 2 nitrogen and oxygen atoms in total. The predicted octanol–water partition coefficient (Wildman–Crippen LogP) is 3.34. The van der Waals surface area contributed by atoms with Gasteiger partial charge in [0.15, 0.2) is 0 Å². The molecule has 1 aliphatic carbocycles. The molecule has 84 valence electrons.